The Morgan fingerprint density at radius 2 is 1.67 bits per heavy atom. The maximum Gasteiger partial charge on any atom is 0.254 e. The van der Waals surface area contributed by atoms with Gasteiger partial charge < -0.3 is 24.0 Å². The van der Waals surface area contributed by atoms with Gasteiger partial charge in [0.2, 0.25) is 5.91 Å². The molecule has 0 N–H and O–H groups in total. The number of hydrogen-bond donors (Lipinski definition) is 0. The molecule has 7 nitrogen and oxygen atoms in total. The maximum absolute atomic E-state index is 13.7. The monoisotopic (exact) mass is 592 g/mol. The summed E-state index contributed by atoms with van der Waals surface area (Å²) in [4.78, 5) is 31.6. The molecule has 0 saturated heterocycles. The van der Waals surface area contributed by atoms with Gasteiger partial charge in [0.1, 0.15) is 6.54 Å². The van der Waals surface area contributed by atoms with Crippen LogP contribution in [0.5, 0.6) is 11.5 Å². The van der Waals surface area contributed by atoms with E-state index < -0.39 is 0 Å². The molecule has 1 heterocycles. The van der Waals surface area contributed by atoms with Crippen molar-refractivity contribution in [1.29, 1.82) is 0 Å². The average molecular weight is 594 g/mol. The van der Waals surface area contributed by atoms with E-state index >= 15 is 0 Å². The number of carbonyl (C=O) groups excluding carboxylic acids is 2. The van der Waals surface area contributed by atoms with E-state index in [4.69, 9.17) is 37.4 Å². The molecule has 2 aromatic carbocycles. The summed E-state index contributed by atoms with van der Waals surface area (Å²) in [5.74, 6) is 0.828. The normalized spacial score (nSPS) is 10.8. The summed E-state index contributed by atoms with van der Waals surface area (Å²) in [6.45, 7) is 4.19. The molecule has 210 valence electrons. The number of halogens is 2. The number of methoxy groups -OCH3 is 2. The van der Waals surface area contributed by atoms with Crippen LogP contribution in [0.4, 0.5) is 0 Å². The molecule has 0 fully saturated rings. The summed E-state index contributed by atoms with van der Waals surface area (Å²) in [7, 11) is 3.19. The molecule has 0 aliphatic rings. The van der Waals surface area contributed by atoms with Gasteiger partial charge in [-0.2, -0.15) is 0 Å². The Bertz CT molecular complexity index is 1200. The van der Waals surface area contributed by atoms with Crippen molar-refractivity contribution in [2.24, 2.45) is 0 Å². The molecule has 0 atom stereocenters. The third-order valence-corrected chi connectivity index (χ3v) is 7.34. The molecule has 0 unspecified atom stereocenters. The molecule has 1 aromatic heterocycles. The van der Waals surface area contributed by atoms with Crippen LogP contribution in [0.3, 0.4) is 0 Å². The third-order valence-electron chi connectivity index (χ3n) is 6.04. The molecule has 0 spiro atoms. The Balaban J connectivity index is 1.79. The topological polar surface area (TPSA) is 68.3 Å². The minimum absolute atomic E-state index is 0.0770. The van der Waals surface area contributed by atoms with E-state index in [1.807, 2.05) is 42.6 Å². The Morgan fingerprint density at radius 1 is 0.923 bits per heavy atom. The van der Waals surface area contributed by atoms with Gasteiger partial charge in [-0.15, -0.1) is 11.3 Å². The van der Waals surface area contributed by atoms with Crippen LogP contribution in [0, 0.1) is 0 Å². The maximum atomic E-state index is 13.7. The number of amides is 2. The molecule has 3 rings (SSSR count). The van der Waals surface area contributed by atoms with Crippen molar-refractivity contribution in [3.63, 3.8) is 0 Å². The molecule has 0 aliphatic heterocycles. The van der Waals surface area contributed by atoms with Crippen molar-refractivity contribution < 1.29 is 23.8 Å². The summed E-state index contributed by atoms with van der Waals surface area (Å²) in [5, 5.41) is 2.71. The Morgan fingerprint density at radius 3 is 2.31 bits per heavy atom. The molecule has 0 bridgehead atoms. The third kappa shape index (κ3) is 9.42. The molecule has 3 aromatic rings. The number of carbonyl (C=O) groups is 2. The van der Waals surface area contributed by atoms with Gasteiger partial charge in [-0.1, -0.05) is 35.3 Å². The molecule has 0 saturated carbocycles. The first-order valence-electron chi connectivity index (χ1n) is 12.7. The molecule has 0 aliphatic carbocycles. The van der Waals surface area contributed by atoms with Crippen molar-refractivity contribution in [1.82, 2.24) is 9.80 Å². The van der Waals surface area contributed by atoms with Crippen LogP contribution in [0.15, 0.2) is 53.9 Å². The Labute approximate surface area is 244 Å². The highest BCUT2D eigenvalue weighted by Crippen LogP contribution is 2.28. The number of rotatable bonds is 15. The van der Waals surface area contributed by atoms with E-state index in [2.05, 4.69) is 0 Å². The quantitative estimate of drug-likeness (QED) is 0.196. The molecular formula is C29H34Cl2N2O5S. The van der Waals surface area contributed by atoms with Crippen LogP contribution in [-0.4, -0.2) is 68.7 Å². The first-order chi connectivity index (χ1) is 18.8. The number of nitrogens with zero attached hydrogens (tertiary/aromatic N) is 2. The lowest BCUT2D eigenvalue weighted by molar-refractivity contribution is -0.132. The van der Waals surface area contributed by atoms with Gasteiger partial charge in [0.05, 0.1) is 20.8 Å². The first-order valence-corrected chi connectivity index (χ1v) is 14.3. The second-order valence-corrected chi connectivity index (χ2v) is 10.7. The van der Waals surface area contributed by atoms with Gasteiger partial charge in [-0.05, 0) is 67.1 Å². The number of benzene rings is 2. The highest BCUT2D eigenvalue weighted by atomic mass is 35.5. The Hall–Kier alpha value is -2.78. The lowest BCUT2D eigenvalue weighted by Crippen LogP contribution is -2.44. The van der Waals surface area contributed by atoms with Gasteiger partial charge in [0.25, 0.3) is 5.91 Å². The fourth-order valence-electron chi connectivity index (χ4n) is 4.06. The lowest BCUT2D eigenvalue weighted by Gasteiger charge is -2.28. The second kappa shape index (κ2) is 15.7. The smallest absolute Gasteiger partial charge is 0.254 e. The van der Waals surface area contributed by atoms with Crippen molar-refractivity contribution in [3.05, 3.63) is 80.0 Å². The van der Waals surface area contributed by atoms with E-state index in [9.17, 15) is 9.59 Å². The number of hydrogen-bond acceptors (Lipinski definition) is 6. The van der Waals surface area contributed by atoms with Gasteiger partial charge >= 0.3 is 0 Å². The van der Waals surface area contributed by atoms with Crippen LogP contribution in [0.2, 0.25) is 10.0 Å². The molecule has 0 radical (unpaired) electrons. The summed E-state index contributed by atoms with van der Waals surface area (Å²) < 4.78 is 16.2. The van der Waals surface area contributed by atoms with E-state index in [-0.39, 0.29) is 18.4 Å². The molecule has 39 heavy (non-hydrogen) atoms. The van der Waals surface area contributed by atoms with Crippen LogP contribution < -0.4 is 9.47 Å². The van der Waals surface area contributed by atoms with Crippen molar-refractivity contribution in [2.75, 3.05) is 47.1 Å². The zero-order valence-corrected chi connectivity index (χ0v) is 24.8. The first kappa shape index (κ1) is 30.8. The van der Waals surface area contributed by atoms with Crippen LogP contribution in [0.25, 0.3) is 0 Å². The largest absolute Gasteiger partial charge is 0.493 e. The fraction of sp³-hybridized carbons (Fsp3) is 0.379. The fourth-order valence-corrected chi connectivity index (χ4v) is 5.31. The van der Waals surface area contributed by atoms with Gasteiger partial charge in [0, 0.05) is 46.8 Å². The highest BCUT2D eigenvalue weighted by molar-refractivity contribution is 7.09. The number of thiophene rings is 1. The molecule has 10 heteroatoms. The molecule has 2 amide bonds. The van der Waals surface area contributed by atoms with Gasteiger partial charge in [0.15, 0.2) is 11.5 Å². The van der Waals surface area contributed by atoms with E-state index in [0.29, 0.717) is 72.8 Å². The average Bonchev–Trinajstić information content (AvgIpc) is 3.44. The zero-order valence-electron chi connectivity index (χ0n) is 22.5. The minimum atomic E-state index is -0.305. The van der Waals surface area contributed by atoms with Crippen LogP contribution in [0.1, 0.15) is 34.1 Å². The SMILES string of the molecule is CCOCCCN(CC(=O)N(CCc1ccc(OC)c(OC)c1)Cc1cccs1)C(=O)c1cc(Cl)cc(Cl)c1. The van der Waals surface area contributed by atoms with Crippen molar-refractivity contribution >= 4 is 46.4 Å². The van der Waals surface area contributed by atoms with Gasteiger partial charge in [-0.3, -0.25) is 9.59 Å². The molecular weight excluding hydrogens is 559 g/mol. The lowest BCUT2D eigenvalue weighted by atomic mass is 10.1. The summed E-state index contributed by atoms with van der Waals surface area (Å²) in [6.07, 6.45) is 1.21. The van der Waals surface area contributed by atoms with Crippen molar-refractivity contribution in [3.8, 4) is 11.5 Å². The second-order valence-electron chi connectivity index (χ2n) is 8.77. The van der Waals surface area contributed by atoms with Crippen molar-refractivity contribution in [2.45, 2.75) is 26.3 Å². The zero-order chi connectivity index (χ0) is 28.2. The minimum Gasteiger partial charge on any atom is -0.493 e. The van der Waals surface area contributed by atoms with Gasteiger partial charge in [-0.25, -0.2) is 0 Å². The summed E-state index contributed by atoms with van der Waals surface area (Å²) in [6, 6.07) is 14.4. The summed E-state index contributed by atoms with van der Waals surface area (Å²) >= 11 is 13.9. The van der Waals surface area contributed by atoms with Crippen LogP contribution in [-0.2, 0) is 22.5 Å². The van der Waals surface area contributed by atoms with E-state index in [1.54, 1.807) is 53.6 Å². The Kier molecular flexibility index (Phi) is 12.4. The van der Waals surface area contributed by atoms with E-state index in [1.165, 1.54) is 0 Å². The van der Waals surface area contributed by atoms with Crippen LogP contribution >= 0.6 is 34.5 Å². The predicted octanol–water partition coefficient (Wildman–Crippen LogP) is 6.21. The van der Waals surface area contributed by atoms with E-state index in [0.717, 1.165) is 10.4 Å². The standard InChI is InChI=1S/C29H34Cl2N2O5S/c1-4-38-13-6-11-33(29(35)22-16-23(30)18-24(31)17-22)20-28(34)32(19-25-7-5-14-39-25)12-10-21-8-9-26(36-2)27(15-21)37-3/h5,7-9,14-18H,4,6,10-13,19-20H2,1-3H3. The predicted molar refractivity (Wildman–Crippen MR) is 156 cm³/mol. The number of ether oxygens (including phenoxy) is 3. The highest BCUT2D eigenvalue weighted by Gasteiger charge is 2.23. The summed E-state index contributed by atoms with van der Waals surface area (Å²) in [5.41, 5.74) is 1.35.